The Balaban J connectivity index is 3.20. The number of hydrogen-bond acceptors (Lipinski definition) is 2. The number of hydrogen-bond donors (Lipinski definition) is 0. The first-order valence-corrected chi connectivity index (χ1v) is 2.27. The van der Waals surface area contributed by atoms with E-state index in [1.54, 1.807) is 6.07 Å². The van der Waals surface area contributed by atoms with Crippen LogP contribution in [0.4, 0.5) is 4.39 Å². The Bertz CT molecular complexity index is 251. The second-order valence-corrected chi connectivity index (χ2v) is 1.39. The summed E-state index contributed by atoms with van der Waals surface area (Å²) in [6, 6.07) is 4.35. The second-order valence-electron chi connectivity index (χ2n) is 1.39. The van der Waals surface area contributed by atoms with E-state index < -0.39 is 5.95 Å². The van der Waals surface area contributed by atoms with E-state index in [0.717, 1.165) is 0 Å². The number of halogens is 1. The lowest BCUT2D eigenvalue weighted by Crippen LogP contribution is -1.85. The van der Waals surface area contributed by atoms with E-state index in [4.69, 9.17) is 5.26 Å². The van der Waals surface area contributed by atoms with Gasteiger partial charge in [0.2, 0.25) is 5.95 Å². The average molecular weight is 121 g/mol. The molecule has 0 saturated heterocycles. The maximum atomic E-state index is 12.2. The molecule has 0 saturated carbocycles. The summed E-state index contributed by atoms with van der Waals surface area (Å²) in [6.07, 6.45) is 2.26. The molecule has 1 heterocycles. The smallest absolute Gasteiger partial charge is 0.217 e. The van der Waals surface area contributed by atoms with Crippen LogP contribution in [0.15, 0.2) is 12.1 Å². The largest absolute Gasteiger partial charge is 0.231 e. The molecule has 0 fully saturated rings. The van der Waals surface area contributed by atoms with Crippen LogP contribution in [-0.2, 0) is 0 Å². The molecule has 2 nitrogen and oxygen atoms in total. The molecule has 3 heteroatoms. The molecule has 1 aromatic heterocycles. The summed E-state index contributed by atoms with van der Waals surface area (Å²) < 4.78 is 12.2. The molecular formula is C6H2FN2. The van der Waals surface area contributed by atoms with Crippen LogP contribution in [0.25, 0.3) is 0 Å². The van der Waals surface area contributed by atoms with Crippen LogP contribution >= 0.6 is 0 Å². The molecule has 0 amide bonds. The van der Waals surface area contributed by atoms with E-state index >= 15 is 0 Å². The topological polar surface area (TPSA) is 36.7 Å². The van der Waals surface area contributed by atoms with Crippen molar-refractivity contribution in [3.8, 4) is 6.07 Å². The summed E-state index contributed by atoms with van der Waals surface area (Å²) >= 11 is 0. The van der Waals surface area contributed by atoms with Gasteiger partial charge in [0, 0.05) is 0 Å². The van der Waals surface area contributed by atoms with Crippen molar-refractivity contribution >= 4 is 0 Å². The molecule has 1 radical (unpaired) electrons. The quantitative estimate of drug-likeness (QED) is 0.478. The Hall–Kier alpha value is -1.43. The van der Waals surface area contributed by atoms with E-state index in [0.29, 0.717) is 0 Å². The van der Waals surface area contributed by atoms with Crippen molar-refractivity contribution < 1.29 is 4.39 Å². The van der Waals surface area contributed by atoms with Gasteiger partial charge >= 0.3 is 0 Å². The third-order valence-corrected chi connectivity index (χ3v) is 0.830. The van der Waals surface area contributed by atoms with Gasteiger partial charge in [-0.05, 0) is 12.1 Å². The van der Waals surface area contributed by atoms with Crippen LogP contribution in [-0.4, -0.2) is 4.98 Å². The zero-order chi connectivity index (χ0) is 6.69. The summed E-state index contributed by atoms with van der Waals surface area (Å²) in [6.45, 7) is 0. The number of pyridine rings is 1. The van der Waals surface area contributed by atoms with Gasteiger partial charge in [-0.3, -0.25) is 0 Å². The van der Waals surface area contributed by atoms with Crippen LogP contribution in [0.1, 0.15) is 5.56 Å². The standard InChI is InChI=1S/C6H2FN2/c7-6-5(4-8)2-1-3-9-6/h1-2H. The molecule has 0 atom stereocenters. The molecular weight excluding hydrogens is 119 g/mol. The monoisotopic (exact) mass is 121 g/mol. The summed E-state index contributed by atoms with van der Waals surface area (Å²) in [4.78, 5) is 3.14. The van der Waals surface area contributed by atoms with Gasteiger partial charge < -0.3 is 0 Å². The fourth-order valence-electron chi connectivity index (χ4n) is 0.427. The van der Waals surface area contributed by atoms with Gasteiger partial charge in [0.05, 0.1) is 6.20 Å². The zero-order valence-corrected chi connectivity index (χ0v) is 4.43. The molecule has 0 aromatic carbocycles. The molecule has 0 aliphatic rings. The Morgan fingerprint density at radius 3 is 3.00 bits per heavy atom. The molecule has 9 heavy (non-hydrogen) atoms. The highest BCUT2D eigenvalue weighted by Crippen LogP contribution is 1.98. The lowest BCUT2D eigenvalue weighted by atomic mass is 10.3. The minimum absolute atomic E-state index is 0.0475. The molecule has 0 aliphatic heterocycles. The number of nitriles is 1. The van der Waals surface area contributed by atoms with Crippen LogP contribution in [0.5, 0.6) is 0 Å². The van der Waals surface area contributed by atoms with Crippen LogP contribution in [0, 0.1) is 23.5 Å². The minimum atomic E-state index is -0.764. The lowest BCUT2D eigenvalue weighted by molar-refractivity contribution is 0.579. The van der Waals surface area contributed by atoms with E-state index in [9.17, 15) is 4.39 Å². The molecule has 1 rings (SSSR count). The molecule has 0 unspecified atom stereocenters. The Kier molecular flexibility index (Phi) is 1.41. The van der Waals surface area contributed by atoms with Gasteiger partial charge in [0.25, 0.3) is 0 Å². The molecule has 1 aromatic rings. The first-order valence-electron chi connectivity index (χ1n) is 2.27. The Morgan fingerprint density at radius 1 is 1.78 bits per heavy atom. The van der Waals surface area contributed by atoms with Crippen LogP contribution in [0.2, 0.25) is 0 Å². The fourth-order valence-corrected chi connectivity index (χ4v) is 0.427. The normalized spacial score (nSPS) is 8.44. The molecule has 0 aliphatic carbocycles. The number of aromatic nitrogens is 1. The number of nitrogens with zero attached hydrogens (tertiary/aromatic N) is 2. The minimum Gasteiger partial charge on any atom is -0.217 e. The molecule has 0 N–H and O–H groups in total. The van der Waals surface area contributed by atoms with Crippen LogP contribution in [0.3, 0.4) is 0 Å². The van der Waals surface area contributed by atoms with Crippen molar-refractivity contribution in [3.05, 3.63) is 29.8 Å². The fraction of sp³-hybridized carbons (Fsp3) is 0. The third kappa shape index (κ3) is 1.03. The van der Waals surface area contributed by atoms with Crippen molar-refractivity contribution in [2.24, 2.45) is 0 Å². The van der Waals surface area contributed by atoms with E-state index in [1.807, 2.05) is 0 Å². The Morgan fingerprint density at radius 2 is 2.56 bits per heavy atom. The van der Waals surface area contributed by atoms with Crippen molar-refractivity contribution in [1.29, 1.82) is 5.26 Å². The van der Waals surface area contributed by atoms with Gasteiger partial charge in [-0.25, -0.2) is 4.98 Å². The maximum absolute atomic E-state index is 12.2. The predicted octanol–water partition coefficient (Wildman–Crippen LogP) is 0.893. The van der Waals surface area contributed by atoms with E-state index in [2.05, 4.69) is 11.2 Å². The molecule has 0 bridgehead atoms. The van der Waals surface area contributed by atoms with E-state index in [-0.39, 0.29) is 5.56 Å². The predicted molar refractivity (Wildman–Crippen MR) is 27.7 cm³/mol. The molecule has 43 valence electrons. The average Bonchev–Trinajstić information content (AvgIpc) is 1.89. The third-order valence-electron chi connectivity index (χ3n) is 0.830. The summed E-state index contributed by atoms with van der Waals surface area (Å²) in [5, 5.41) is 8.17. The first kappa shape index (κ1) is 5.70. The van der Waals surface area contributed by atoms with Crippen molar-refractivity contribution in [2.75, 3.05) is 0 Å². The number of rotatable bonds is 0. The van der Waals surface area contributed by atoms with Gasteiger partial charge in [-0.2, -0.15) is 9.65 Å². The Labute approximate surface area is 51.6 Å². The van der Waals surface area contributed by atoms with Gasteiger partial charge in [-0.1, -0.05) is 0 Å². The van der Waals surface area contributed by atoms with Crippen molar-refractivity contribution in [3.63, 3.8) is 0 Å². The summed E-state index contributed by atoms with van der Waals surface area (Å²) in [5.74, 6) is -0.764. The van der Waals surface area contributed by atoms with Crippen molar-refractivity contribution in [2.45, 2.75) is 0 Å². The van der Waals surface area contributed by atoms with E-state index in [1.165, 1.54) is 12.1 Å². The SMILES string of the molecule is N#Cc1cc[c]nc1F. The second kappa shape index (κ2) is 2.23. The molecule has 0 spiro atoms. The van der Waals surface area contributed by atoms with Crippen LogP contribution < -0.4 is 0 Å². The lowest BCUT2D eigenvalue weighted by Gasteiger charge is -1.85. The van der Waals surface area contributed by atoms with Gasteiger partial charge in [0.1, 0.15) is 11.6 Å². The highest BCUT2D eigenvalue weighted by Gasteiger charge is 1.97. The van der Waals surface area contributed by atoms with Crippen molar-refractivity contribution in [1.82, 2.24) is 4.98 Å². The summed E-state index contributed by atoms with van der Waals surface area (Å²) in [5.41, 5.74) is -0.0475. The van der Waals surface area contributed by atoms with Gasteiger partial charge in [-0.15, -0.1) is 0 Å². The zero-order valence-electron chi connectivity index (χ0n) is 4.43. The summed E-state index contributed by atoms with van der Waals surface area (Å²) in [7, 11) is 0. The van der Waals surface area contributed by atoms with Gasteiger partial charge in [0.15, 0.2) is 0 Å². The highest BCUT2D eigenvalue weighted by atomic mass is 19.1. The maximum Gasteiger partial charge on any atom is 0.231 e. The highest BCUT2D eigenvalue weighted by molar-refractivity contribution is 5.25. The first-order chi connectivity index (χ1) is 4.34.